The van der Waals surface area contributed by atoms with Gasteiger partial charge in [0.15, 0.2) is 6.20 Å². The molecule has 0 aliphatic rings. The van der Waals surface area contributed by atoms with Gasteiger partial charge in [-0.1, -0.05) is 48.5 Å². The van der Waals surface area contributed by atoms with Crippen molar-refractivity contribution in [2.24, 2.45) is 7.05 Å². The number of aryl methyl sites for hydroxylation is 2. The van der Waals surface area contributed by atoms with Crippen LogP contribution in [0.2, 0.25) is 0 Å². The van der Waals surface area contributed by atoms with Crippen LogP contribution in [-0.4, -0.2) is 0 Å². The summed E-state index contributed by atoms with van der Waals surface area (Å²) in [4.78, 5) is 0. The van der Waals surface area contributed by atoms with Gasteiger partial charge >= 0.3 is 0 Å². The second kappa shape index (κ2) is 6.61. The monoisotopic (exact) mass is 375 g/mol. The SMILES string of the molecule is Cc1ccc2c(oc3cccc(C#N)c32)c1-c1ccc(-c2ccccc2)c[n+]1C. The van der Waals surface area contributed by atoms with Gasteiger partial charge in [-0.15, -0.1) is 0 Å². The Morgan fingerprint density at radius 2 is 1.69 bits per heavy atom. The first-order chi connectivity index (χ1) is 14.2. The van der Waals surface area contributed by atoms with E-state index in [9.17, 15) is 5.26 Å². The highest BCUT2D eigenvalue weighted by Gasteiger charge is 2.22. The molecule has 3 nitrogen and oxygen atoms in total. The van der Waals surface area contributed by atoms with Gasteiger partial charge in [-0.3, -0.25) is 0 Å². The molecule has 0 atom stereocenters. The lowest BCUT2D eigenvalue weighted by atomic mass is 9.98. The summed E-state index contributed by atoms with van der Waals surface area (Å²) in [7, 11) is 2.06. The quantitative estimate of drug-likeness (QED) is 0.359. The first-order valence-corrected chi connectivity index (χ1v) is 9.58. The van der Waals surface area contributed by atoms with E-state index in [0.29, 0.717) is 5.56 Å². The third-order valence-corrected chi connectivity index (χ3v) is 5.49. The molecule has 0 saturated heterocycles. The van der Waals surface area contributed by atoms with Crippen molar-refractivity contribution in [2.75, 3.05) is 0 Å². The molecule has 0 amide bonds. The largest absolute Gasteiger partial charge is 0.455 e. The Labute approximate surface area is 169 Å². The van der Waals surface area contributed by atoms with E-state index >= 15 is 0 Å². The van der Waals surface area contributed by atoms with Crippen LogP contribution in [0.25, 0.3) is 44.3 Å². The van der Waals surface area contributed by atoms with E-state index in [1.807, 2.05) is 24.3 Å². The minimum atomic E-state index is 0.639. The van der Waals surface area contributed by atoms with Gasteiger partial charge in [-0.25, -0.2) is 4.57 Å². The zero-order valence-corrected chi connectivity index (χ0v) is 16.3. The number of fused-ring (bicyclic) bond motifs is 3. The Balaban J connectivity index is 1.77. The first kappa shape index (κ1) is 17.2. The van der Waals surface area contributed by atoms with E-state index < -0.39 is 0 Å². The average molecular weight is 375 g/mol. The van der Waals surface area contributed by atoms with E-state index in [0.717, 1.165) is 44.3 Å². The van der Waals surface area contributed by atoms with Crippen LogP contribution < -0.4 is 4.57 Å². The second-order valence-corrected chi connectivity index (χ2v) is 7.31. The van der Waals surface area contributed by atoms with Gasteiger partial charge in [-0.2, -0.15) is 5.26 Å². The molecule has 138 valence electrons. The highest BCUT2D eigenvalue weighted by atomic mass is 16.3. The number of rotatable bonds is 2. The van der Waals surface area contributed by atoms with Crippen LogP contribution in [-0.2, 0) is 7.05 Å². The molecule has 0 fully saturated rings. The maximum absolute atomic E-state index is 9.54. The van der Waals surface area contributed by atoms with Crippen LogP contribution in [0.4, 0.5) is 0 Å². The fourth-order valence-electron chi connectivity index (χ4n) is 4.07. The predicted octanol–water partition coefficient (Wildman–Crippen LogP) is 5.92. The van der Waals surface area contributed by atoms with E-state index in [4.69, 9.17) is 4.42 Å². The van der Waals surface area contributed by atoms with E-state index in [2.05, 4.69) is 79.3 Å². The van der Waals surface area contributed by atoms with Gasteiger partial charge in [0.05, 0.1) is 17.2 Å². The third kappa shape index (κ3) is 2.69. The van der Waals surface area contributed by atoms with Crippen LogP contribution >= 0.6 is 0 Å². The Morgan fingerprint density at radius 3 is 2.45 bits per heavy atom. The Bertz CT molecular complexity index is 1420. The van der Waals surface area contributed by atoms with Crippen LogP contribution in [0.15, 0.2) is 83.4 Å². The van der Waals surface area contributed by atoms with E-state index in [1.165, 1.54) is 5.56 Å². The van der Waals surface area contributed by atoms with E-state index in [1.54, 1.807) is 0 Å². The summed E-state index contributed by atoms with van der Waals surface area (Å²) in [6.45, 7) is 2.10. The molecule has 0 aliphatic carbocycles. The molecule has 3 aromatic carbocycles. The van der Waals surface area contributed by atoms with Gasteiger partial charge < -0.3 is 4.42 Å². The summed E-state index contributed by atoms with van der Waals surface area (Å²) in [5.41, 5.74) is 7.83. The number of nitrogens with zero attached hydrogens (tertiary/aromatic N) is 2. The molecule has 0 N–H and O–H groups in total. The van der Waals surface area contributed by atoms with Crippen molar-refractivity contribution in [3.05, 3.63) is 90.1 Å². The second-order valence-electron chi connectivity index (χ2n) is 7.31. The average Bonchev–Trinajstić information content (AvgIpc) is 3.13. The molecule has 0 bridgehead atoms. The fourth-order valence-corrected chi connectivity index (χ4v) is 4.07. The lowest BCUT2D eigenvalue weighted by molar-refractivity contribution is -0.659. The maximum atomic E-state index is 9.54. The van der Waals surface area contributed by atoms with Crippen molar-refractivity contribution in [3.8, 4) is 28.5 Å². The minimum Gasteiger partial charge on any atom is -0.455 e. The molecule has 0 spiro atoms. The number of hydrogen-bond acceptors (Lipinski definition) is 2. The molecule has 5 aromatic rings. The number of nitriles is 1. The van der Waals surface area contributed by atoms with Crippen molar-refractivity contribution in [1.29, 1.82) is 5.26 Å². The van der Waals surface area contributed by atoms with Crippen LogP contribution in [0, 0.1) is 18.3 Å². The molecule has 0 saturated carbocycles. The van der Waals surface area contributed by atoms with Gasteiger partial charge in [0.1, 0.15) is 18.2 Å². The van der Waals surface area contributed by atoms with Crippen molar-refractivity contribution in [3.63, 3.8) is 0 Å². The zero-order valence-electron chi connectivity index (χ0n) is 16.3. The Kier molecular flexibility index (Phi) is 3.93. The lowest BCUT2D eigenvalue weighted by Gasteiger charge is -2.07. The molecule has 0 unspecified atom stereocenters. The molecule has 0 radical (unpaired) electrons. The Hall–Kier alpha value is -3.90. The standard InChI is InChI=1S/C26H19N2O/c1-17-11-13-21-25-19(15-27)9-6-10-23(25)29-26(21)24(17)22-14-12-20(16-28(22)2)18-7-4-3-5-8-18/h3-14,16H,1-2H3/q+1. The molecule has 5 rings (SSSR count). The van der Waals surface area contributed by atoms with Crippen LogP contribution in [0.3, 0.4) is 0 Å². The third-order valence-electron chi connectivity index (χ3n) is 5.49. The minimum absolute atomic E-state index is 0.639. The molecule has 2 heterocycles. The van der Waals surface area contributed by atoms with Crippen molar-refractivity contribution in [1.82, 2.24) is 0 Å². The molecule has 29 heavy (non-hydrogen) atoms. The first-order valence-electron chi connectivity index (χ1n) is 9.58. The molecular formula is C26H19N2O+. The van der Waals surface area contributed by atoms with Crippen molar-refractivity contribution in [2.45, 2.75) is 6.92 Å². The van der Waals surface area contributed by atoms with Crippen LogP contribution in [0.1, 0.15) is 11.1 Å². The fraction of sp³-hybridized carbons (Fsp3) is 0.0769. The summed E-state index contributed by atoms with van der Waals surface area (Å²) in [6, 6.07) is 26.7. The predicted molar refractivity (Wildman–Crippen MR) is 115 cm³/mol. The number of benzene rings is 3. The van der Waals surface area contributed by atoms with Crippen molar-refractivity contribution >= 4 is 21.9 Å². The smallest absolute Gasteiger partial charge is 0.216 e. The van der Waals surface area contributed by atoms with E-state index in [-0.39, 0.29) is 0 Å². The molecule has 3 heteroatoms. The topological polar surface area (TPSA) is 40.8 Å². The van der Waals surface area contributed by atoms with Gasteiger partial charge in [0, 0.05) is 22.4 Å². The van der Waals surface area contributed by atoms with Crippen LogP contribution in [0.5, 0.6) is 0 Å². The zero-order chi connectivity index (χ0) is 20.0. The Morgan fingerprint density at radius 1 is 0.862 bits per heavy atom. The highest BCUT2D eigenvalue weighted by molar-refractivity contribution is 6.11. The van der Waals surface area contributed by atoms with Gasteiger partial charge in [0.2, 0.25) is 5.69 Å². The maximum Gasteiger partial charge on any atom is 0.216 e. The summed E-state index contributed by atoms with van der Waals surface area (Å²) in [5, 5.41) is 11.4. The summed E-state index contributed by atoms with van der Waals surface area (Å²) in [5.74, 6) is 0. The number of pyridine rings is 1. The number of furan rings is 1. The highest BCUT2D eigenvalue weighted by Crippen LogP contribution is 2.38. The number of aromatic nitrogens is 1. The number of hydrogen-bond donors (Lipinski definition) is 0. The summed E-state index contributed by atoms with van der Waals surface area (Å²) >= 11 is 0. The van der Waals surface area contributed by atoms with Crippen molar-refractivity contribution < 1.29 is 8.98 Å². The molecule has 0 aliphatic heterocycles. The van der Waals surface area contributed by atoms with Gasteiger partial charge in [0.25, 0.3) is 0 Å². The molecular weight excluding hydrogens is 356 g/mol. The summed E-state index contributed by atoms with van der Waals surface area (Å²) in [6.07, 6.45) is 2.15. The summed E-state index contributed by atoms with van der Waals surface area (Å²) < 4.78 is 8.41. The normalized spacial score (nSPS) is 11.1. The van der Waals surface area contributed by atoms with Gasteiger partial charge in [-0.05, 0) is 36.2 Å². The lowest BCUT2D eigenvalue weighted by Crippen LogP contribution is -2.30. The molecule has 2 aromatic heterocycles.